The standard InChI is InChI=1S/C20H21N3O2S/c1-20(2,3)14-11-9-13(10-12-14)18-22-23-19(26-18)21-17(24)15-7-5-6-8-16(15)25-4/h5-12H,1-4H3,(H,21,23,24). The maximum absolute atomic E-state index is 12.4. The average Bonchev–Trinajstić information content (AvgIpc) is 3.09. The van der Waals surface area contributed by atoms with Gasteiger partial charge in [-0.05, 0) is 23.1 Å². The number of para-hydroxylation sites is 1. The Hall–Kier alpha value is -2.73. The molecule has 0 radical (unpaired) electrons. The van der Waals surface area contributed by atoms with Gasteiger partial charge in [-0.15, -0.1) is 10.2 Å². The Kier molecular flexibility index (Phi) is 5.04. The molecule has 0 aliphatic heterocycles. The van der Waals surface area contributed by atoms with Gasteiger partial charge in [0, 0.05) is 5.56 Å². The fourth-order valence-corrected chi connectivity index (χ4v) is 3.24. The van der Waals surface area contributed by atoms with Crippen molar-refractivity contribution in [3.63, 3.8) is 0 Å². The smallest absolute Gasteiger partial charge is 0.261 e. The van der Waals surface area contributed by atoms with Crippen LogP contribution in [-0.4, -0.2) is 23.2 Å². The van der Waals surface area contributed by atoms with Gasteiger partial charge in [0.25, 0.3) is 5.91 Å². The molecule has 3 aromatic rings. The van der Waals surface area contributed by atoms with Crippen molar-refractivity contribution < 1.29 is 9.53 Å². The molecule has 134 valence electrons. The van der Waals surface area contributed by atoms with E-state index in [2.05, 4.69) is 48.4 Å². The molecule has 5 nitrogen and oxygen atoms in total. The van der Waals surface area contributed by atoms with Crippen LogP contribution in [0, 0.1) is 0 Å². The van der Waals surface area contributed by atoms with Crippen molar-refractivity contribution in [3.8, 4) is 16.3 Å². The normalized spacial score (nSPS) is 11.2. The Labute approximate surface area is 157 Å². The van der Waals surface area contributed by atoms with Gasteiger partial charge in [0.1, 0.15) is 10.8 Å². The number of nitrogens with one attached hydrogen (secondary N) is 1. The number of carbonyl (C=O) groups is 1. The molecule has 1 heterocycles. The van der Waals surface area contributed by atoms with Gasteiger partial charge in [0.2, 0.25) is 5.13 Å². The fourth-order valence-electron chi connectivity index (χ4n) is 2.50. The Balaban J connectivity index is 1.77. The van der Waals surface area contributed by atoms with E-state index in [9.17, 15) is 4.79 Å². The molecule has 1 N–H and O–H groups in total. The minimum atomic E-state index is -0.270. The Morgan fingerprint density at radius 2 is 1.73 bits per heavy atom. The van der Waals surface area contributed by atoms with Gasteiger partial charge < -0.3 is 4.74 Å². The first-order valence-electron chi connectivity index (χ1n) is 8.27. The van der Waals surface area contributed by atoms with Crippen molar-refractivity contribution in [1.29, 1.82) is 0 Å². The summed E-state index contributed by atoms with van der Waals surface area (Å²) in [6, 6.07) is 15.3. The molecule has 1 amide bonds. The molecule has 0 unspecified atom stereocenters. The molecule has 2 aromatic carbocycles. The number of anilines is 1. The second-order valence-corrected chi connectivity index (χ2v) is 7.87. The van der Waals surface area contributed by atoms with E-state index >= 15 is 0 Å². The van der Waals surface area contributed by atoms with Crippen molar-refractivity contribution in [2.45, 2.75) is 26.2 Å². The lowest BCUT2D eigenvalue weighted by Gasteiger charge is -2.18. The predicted octanol–water partition coefficient (Wildman–Crippen LogP) is 4.76. The molecular formula is C20H21N3O2S. The van der Waals surface area contributed by atoms with Crippen LogP contribution in [0.3, 0.4) is 0 Å². The zero-order valence-corrected chi connectivity index (χ0v) is 16.1. The third kappa shape index (κ3) is 3.91. The molecule has 0 aliphatic carbocycles. The largest absolute Gasteiger partial charge is 0.496 e. The van der Waals surface area contributed by atoms with Crippen LogP contribution in [0.2, 0.25) is 0 Å². The van der Waals surface area contributed by atoms with Crippen LogP contribution in [0.1, 0.15) is 36.7 Å². The number of aromatic nitrogens is 2. The zero-order valence-electron chi connectivity index (χ0n) is 15.2. The summed E-state index contributed by atoms with van der Waals surface area (Å²) in [6.07, 6.45) is 0. The molecule has 1 aromatic heterocycles. The number of nitrogens with zero attached hydrogens (tertiary/aromatic N) is 2. The number of rotatable bonds is 4. The number of hydrogen-bond donors (Lipinski definition) is 1. The van der Waals surface area contributed by atoms with E-state index < -0.39 is 0 Å². The van der Waals surface area contributed by atoms with E-state index in [1.807, 2.05) is 18.2 Å². The minimum Gasteiger partial charge on any atom is -0.496 e. The van der Waals surface area contributed by atoms with Gasteiger partial charge in [0.05, 0.1) is 12.7 Å². The molecule has 6 heteroatoms. The monoisotopic (exact) mass is 367 g/mol. The van der Waals surface area contributed by atoms with Crippen molar-refractivity contribution in [2.24, 2.45) is 0 Å². The molecule has 0 spiro atoms. The summed E-state index contributed by atoms with van der Waals surface area (Å²) in [7, 11) is 1.54. The summed E-state index contributed by atoms with van der Waals surface area (Å²) in [5.41, 5.74) is 2.80. The van der Waals surface area contributed by atoms with Crippen LogP contribution in [0.15, 0.2) is 48.5 Å². The van der Waals surface area contributed by atoms with Gasteiger partial charge in [-0.25, -0.2) is 0 Å². The highest BCUT2D eigenvalue weighted by atomic mass is 32.1. The lowest BCUT2D eigenvalue weighted by Crippen LogP contribution is -2.12. The van der Waals surface area contributed by atoms with Gasteiger partial charge in [-0.3, -0.25) is 10.1 Å². The van der Waals surface area contributed by atoms with Crippen molar-refractivity contribution in [1.82, 2.24) is 10.2 Å². The summed E-state index contributed by atoms with van der Waals surface area (Å²) in [5.74, 6) is 0.251. The molecule has 0 fully saturated rings. The molecule has 0 atom stereocenters. The van der Waals surface area contributed by atoms with Gasteiger partial charge in [0.15, 0.2) is 0 Å². The first-order valence-corrected chi connectivity index (χ1v) is 9.09. The van der Waals surface area contributed by atoms with Gasteiger partial charge in [-0.1, -0.05) is 68.5 Å². The van der Waals surface area contributed by atoms with Crippen molar-refractivity contribution in [3.05, 3.63) is 59.7 Å². The molecule has 26 heavy (non-hydrogen) atoms. The Bertz CT molecular complexity index is 911. The van der Waals surface area contributed by atoms with E-state index in [0.717, 1.165) is 10.6 Å². The number of hydrogen-bond acceptors (Lipinski definition) is 5. The van der Waals surface area contributed by atoms with E-state index in [1.165, 1.54) is 24.0 Å². The summed E-state index contributed by atoms with van der Waals surface area (Å²) in [5, 5.41) is 12.3. The summed E-state index contributed by atoms with van der Waals surface area (Å²) >= 11 is 1.34. The third-order valence-electron chi connectivity index (χ3n) is 3.99. The maximum Gasteiger partial charge on any atom is 0.261 e. The zero-order chi connectivity index (χ0) is 18.7. The molecule has 0 saturated heterocycles. The highest BCUT2D eigenvalue weighted by Crippen LogP contribution is 2.30. The van der Waals surface area contributed by atoms with Gasteiger partial charge >= 0.3 is 0 Å². The van der Waals surface area contributed by atoms with E-state index in [1.54, 1.807) is 18.2 Å². The number of ether oxygens (including phenoxy) is 1. The summed E-state index contributed by atoms with van der Waals surface area (Å²) in [4.78, 5) is 12.4. The number of benzene rings is 2. The SMILES string of the molecule is COc1ccccc1C(=O)Nc1nnc(-c2ccc(C(C)(C)C)cc2)s1. The van der Waals surface area contributed by atoms with E-state index in [4.69, 9.17) is 4.74 Å². The molecule has 3 rings (SSSR count). The second kappa shape index (κ2) is 7.25. The second-order valence-electron chi connectivity index (χ2n) is 6.89. The first kappa shape index (κ1) is 18.1. The Morgan fingerprint density at radius 1 is 1.04 bits per heavy atom. The third-order valence-corrected chi connectivity index (χ3v) is 4.88. The van der Waals surface area contributed by atoms with Crippen LogP contribution in [-0.2, 0) is 5.41 Å². The highest BCUT2D eigenvalue weighted by molar-refractivity contribution is 7.18. The van der Waals surface area contributed by atoms with Crippen LogP contribution in [0.4, 0.5) is 5.13 Å². The van der Waals surface area contributed by atoms with Crippen molar-refractivity contribution in [2.75, 3.05) is 12.4 Å². The summed E-state index contributed by atoms with van der Waals surface area (Å²) in [6.45, 7) is 6.54. The number of amides is 1. The van der Waals surface area contributed by atoms with Crippen LogP contribution < -0.4 is 10.1 Å². The highest BCUT2D eigenvalue weighted by Gasteiger charge is 2.16. The van der Waals surface area contributed by atoms with E-state index in [0.29, 0.717) is 16.4 Å². The average molecular weight is 367 g/mol. The number of methoxy groups -OCH3 is 1. The molecular weight excluding hydrogens is 346 g/mol. The molecule has 0 bridgehead atoms. The topological polar surface area (TPSA) is 64.1 Å². The van der Waals surface area contributed by atoms with Crippen molar-refractivity contribution >= 4 is 22.4 Å². The maximum atomic E-state index is 12.4. The van der Waals surface area contributed by atoms with Crippen LogP contribution in [0.5, 0.6) is 5.75 Å². The predicted molar refractivity (Wildman–Crippen MR) is 105 cm³/mol. The summed E-state index contributed by atoms with van der Waals surface area (Å²) < 4.78 is 5.22. The van der Waals surface area contributed by atoms with Crippen LogP contribution in [0.25, 0.3) is 10.6 Å². The first-order chi connectivity index (χ1) is 12.4. The minimum absolute atomic E-state index is 0.105. The molecule has 0 aliphatic rings. The lowest BCUT2D eigenvalue weighted by molar-refractivity contribution is 0.102. The Morgan fingerprint density at radius 3 is 2.38 bits per heavy atom. The molecule has 0 saturated carbocycles. The quantitative estimate of drug-likeness (QED) is 0.722. The number of carbonyl (C=O) groups excluding carboxylic acids is 1. The fraction of sp³-hybridized carbons (Fsp3) is 0.250. The lowest BCUT2D eigenvalue weighted by atomic mass is 9.87. The van der Waals surface area contributed by atoms with E-state index in [-0.39, 0.29) is 11.3 Å². The van der Waals surface area contributed by atoms with Crippen LogP contribution >= 0.6 is 11.3 Å². The van der Waals surface area contributed by atoms with Gasteiger partial charge in [-0.2, -0.15) is 0 Å².